The van der Waals surface area contributed by atoms with E-state index in [2.05, 4.69) is 21.2 Å². The van der Waals surface area contributed by atoms with Crippen molar-refractivity contribution in [1.82, 2.24) is 5.32 Å². The Hall–Kier alpha value is -2.38. The number of hydrogen-bond donors (Lipinski definition) is 1. The Labute approximate surface area is 185 Å². The quantitative estimate of drug-likeness (QED) is 0.621. The number of alkyl carbamates (subject to hydrolysis) is 1. The zero-order chi connectivity index (χ0) is 21.8. The molecule has 1 heterocycles. The van der Waals surface area contributed by atoms with Gasteiger partial charge in [-0.05, 0) is 44.0 Å². The van der Waals surface area contributed by atoms with E-state index in [0.29, 0.717) is 0 Å². The van der Waals surface area contributed by atoms with E-state index in [1.54, 1.807) is 20.8 Å². The third kappa shape index (κ3) is 5.83. The monoisotopic (exact) mass is 475 g/mol. The van der Waals surface area contributed by atoms with Gasteiger partial charge >= 0.3 is 12.1 Å². The molecular weight excluding hydrogens is 450 g/mol. The lowest BCUT2D eigenvalue weighted by Gasteiger charge is -2.30. The highest BCUT2D eigenvalue weighted by atomic mass is 79.9. The van der Waals surface area contributed by atoms with Crippen molar-refractivity contribution in [3.63, 3.8) is 0 Å². The molecule has 0 spiro atoms. The van der Waals surface area contributed by atoms with Gasteiger partial charge in [0.2, 0.25) is 0 Å². The van der Waals surface area contributed by atoms with Crippen LogP contribution < -0.4 is 5.32 Å². The fourth-order valence-electron chi connectivity index (χ4n) is 3.18. The molecule has 1 aliphatic heterocycles. The van der Waals surface area contributed by atoms with Crippen molar-refractivity contribution in [3.8, 4) is 0 Å². The van der Waals surface area contributed by atoms with Gasteiger partial charge in [0.25, 0.3) is 0 Å². The minimum atomic E-state index is -1.32. The molecule has 2 aromatic rings. The van der Waals surface area contributed by atoms with E-state index in [-0.39, 0.29) is 25.7 Å². The minimum absolute atomic E-state index is 0.00306. The average Bonchev–Trinajstić information content (AvgIpc) is 3.12. The molecule has 1 saturated heterocycles. The van der Waals surface area contributed by atoms with E-state index < -0.39 is 23.2 Å². The second-order valence-corrected chi connectivity index (χ2v) is 9.24. The van der Waals surface area contributed by atoms with E-state index in [1.807, 2.05) is 54.6 Å². The maximum absolute atomic E-state index is 13.0. The summed E-state index contributed by atoms with van der Waals surface area (Å²) in [6, 6.07) is 17.0. The van der Waals surface area contributed by atoms with Gasteiger partial charge in [-0.2, -0.15) is 0 Å². The van der Waals surface area contributed by atoms with Gasteiger partial charge in [0.15, 0.2) is 5.54 Å². The van der Waals surface area contributed by atoms with Crippen molar-refractivity contribution in [1.29, 1.82) is 0 Å². The predicted octanol–water partition coefficient (Wildman–Crippen LogP) is 4.92. The molecule has 160 valence electrons. The van der Waals surface area contributed by atoms with Crippen LogP contribution in [0.2, 0.25) is 0 Å². The molecule has 1 N–H and O–H groups in total. The summed E-state index contributed by atoms with van der Waals surface area (Å²) in [5, 5.41) is 2.73. The topological polar surface area (TPSA) is 73.9 Å². The summed E-state index contributed by atoms with van der Waals surface area (Å²) in [4.78, 5) is 25.6. The molecule has 2 atom stereocenters. The molecule has 30 heavy (non-hydrogen) atoms. The summed E-state index contributed by atoms with van der Waals surface area (Å²) >= 11 is 3.41. The highest BCUT2D eigenvalue weighted by Crippen LogP contribution is 2.37. The maximum Gasteiger partial charge on any atom is 0.408 e. The Kier molecular flexibility index (Phi) is 6.83. The first kappa shape index (κ1) is 22.3. The van der Waals surface area contributed by atoms with Crippen LogP contribution in [0, 0.1) is 0 Å². The lowest BCUT2D eigenvalue weighted by molar-refractivity contribution is -0.163. The minimum Gasteiger partial charge on any atom is -0.458 e. The highest BCUT2D eigenvalue weighted by Gasteiger charge is 2.50. The third-order valence-electron chi connectivity index (χ3n) is 4.65. The number of hydrogen-bond acceptors (Lipinski definition) is 5. The summed E-state index contributed by atoms with van der Waals surface area (Å²) in [6.45, 7) is 5.47. The van der Waals surface area contributed by atoms with Crippen LogP contribution in [0.4, 0.5) is 4.79 Å². The van der Waals surface area contributed by atoms with Gasteiger partial charge in [0.05, 0.1) is 12.7 Å². The summed E-state index contributed by atoms with van der Waals surface area (Å²) in [5.41, 5.74) is -0.244. The number of halogens is 1. The van der Waals surface area contributed by atoms with Gasteiger partial charge < -0.3 is 19.5 Å². The lowest BCUT2D eigenvalue weighted by atomic mass is 9.93. The van der Waals surface area contributed by atoms with Crippen LogP contribution in [0.3, 0.4) is 0 Å². The molecule has 1 amide bonds. The van der Waals surface area contributed by atoms with Crippen LogP contribution >= 0.6 is 15.9 Å². The van der Waals surface area contributed by atoms with Gasteiger partial charge in [-0.25, -0.2) is 9.59 Å². The number of rotatable bonds is 5. The van der Waals surface area contributed by atoms with Gasteiger partial charge in [0, 0.05) is 10.9 Å². The Morgan fingerprint density at radius 2 is 1.80 bits per heavy atom. The molecule has 2 unspecified atom stereocenters. The normalized spacial score (nSPS) is 21.1. The van der Waals surface area contributed by atoms with E-state index in [9.17, 15) is 9.59 Å². The molecule has 2 aromatic carbocycles. The van der Waals surface area contributed by atoms with Crippen molar-refractivity contribution < 1.29 is 23.8 Å². The number of amides is 1. The highest BCUT2D eigenvalue weighted by molar-refractivity contribution is 9.10. The Bertz CT molecular complexity index is 879. The molecule has 0 aromatic heterocycles. The zero-order valence-electron chi connectivity index (χ0n) is 17.3. The summed E-state index contributed by atoms with van der Waals surface area (Å²) < 4.78 is 17.8. The SMILES string of the molecule is CC(C)(C)OC(=O)C1(NC(=O)OCc2ccccc2)COC(c2ccc(Br)cc2)C1. The van der Waals surface area contributed by atoms with Crippen LogP contribution in [0.1, 0.15) is 44.4 Å². The molecule has 1 fully saturated rings. The largest absolute Gasteiger partial charge is 0.458 e. The number of ether oxygens (including phenoxy) is 3. The second-order valence-electron chi connectivity index (χ2n) is 8.33. The van der Waals surface area contributed by atoms with Crippen LogP contribution in [-0.2, 0) is 25.6 Å². The van der Waals surface area contributed by atoms with E-state index in [0.717, 1.165) is 15.6 Å². The van der Waals surface area contributed by atoms with Gasteiger partial charge in [-0.3, -0.25) is 0 Å². The summed E-state index contributed by atoms with van der Waals surface area (Å²) in [5.74, 6) is -0.536. The first-order valence-corrected chi connectivity index (χ1v) is 10.6. The predicted molar refractivity (Wildman–Crippen MR) is 116 cm³/mol. The number of nitrogens with one attached hydrogen (secondary N) is 1. The molecular formula is C23H26BrNO5. The van der Waals surface area contributed by atoms with Crippen molar-refractivity contribution in [3.05, 3.63) is 70.2 Å². The smallest absolute Gasteiger partial charge is 0.408 e. The van der Waals surface area contributed by atoms with Crippen molar-refractivity contribution in [2.45, 2.75) is 51.0 Å². The van der Waals surface area contributed by atoms with Crippen LogP contribution in [0.15, 0.2) is 59.1 Å². The van der Waals surface area contributed by atoms with E-state index in [4.69, 9.17) is 14.2 Å². The molecule has 6 nitrogen and oxygen atoms in total. The Morgan fingerprint density at radius 3 is 2.43 bits per heavy atom. The molecule has 1 aliphatic rings. The number of carbonyl (C=O) groups is 2. The van der Waals surface area contributed by atoms with Crippen LogP contribution in [0.5, 0.6) is 0 Å². The van der Waals surface area contributed by atoms with Crippen molar-refractivity contribution in [2.75, 3.05) is 6.61 Å². The zero-order valence-corrected chi connectivity index (χ0v) is 18.9. The van der Waals surface area contributed by atoms with Crippen LogP contribution in [0.25, 0.3) is 0 Å². The fraction of sp³-hybridized carbons (Fsp3) is 0.391. The standard InChI is InChI=1S/C23H26BrNO5/c1-22(2,3)30-20(26)23(25-21(27)28-14-16-7-5-4-6-8-16)13-19(29-15-23)17-9-11-18(24)12-10-17/h4-12,19H,13-15H2,1-3H3,(H,25,27). The van der Waals surface area contributed by atoms with Gasteiger partial charge in [-0.1, -0.05) is 58.4 Å². The second kappa shape index (κ2) is 9.18. The van der Waals surface area contributed by atoms with E-state index >= 15 is 0 Å². The molecule has 0 bridgehead atoms. The number of esters is 1. The van der Waals surface area contributed by atoms with Gasteiger partial charge in [-0.15, -0.1) is 0 Å². The molecule has 0 radical (unpaired) electrons. The lowest BCUT2D eigenvalue weighted by Crippen LogP contribution is -2.57. The average molecular weight is 476 g/mol. The molecule has 0 saturated carbocycles. The first-order valence-electron chi connectivity index (χ1n) is 9.76. The first-order chi connectivity index (χ1) is 14.2. The van der Waals surface area contributed by atoms with Crippen LogP contribution in [-0.4, -0.2) is 29.8 Å². The summed E-state index contributed by atoms with van der Waals surface area (Å²) in [7, 11) is 0. The molecule has 3 rings (SSSR count). The Balaban J connectivity index is 1.74. The van der Waals surface area contributed by atoms with Crippen molar-refractivity contribution in [2.24, 2.45) is 0 Å². The Morgan fingerprint density at radius 1 is 1.13 bits per heavy atom. The number of benzene rings is 2. The maximum atomic E-state index is 13.0. The fourth-order valence-corrected chi connectivity index (χ4v) is 3.44. The summed E-state index contributed by atoms with van der Waals surface area (Å²) in [6.07, 6.45) is -0.783. The number of carbonyl (C=O) groups excluding carboxylic acids is 2. The molecule has 0 aliphatic carbocycles. The molecule has 7 heteroatoms. The third-order valence-corrected chi connectivity index (χ3v) is 5.18. The van der Waals surface area contributed by atoms with E-state index in [1.165, 1.54) is 0 Å². The van der Waals surface area contributed by atoms with Gasteiger partial charge in [0.1, 0.15) is 12.2 Å². The van der Waals surface area contributed by atoms with Crippen molar-refractivity contribution >= 4 is 28.0 Å².